The van der Waals surface area contributed by atoms with Crippen molar-refractivity contribution in [2.24, 2.45) is 0 Å². The van der Waals surface area contributed by atoms with E-state index in [0.29, 0.717) is 5.69 Å². The van der Waals surface area contributed by atoms with Crippen LogP contribution in [0.1, 0.15) is 28.8 Å². The van der Waals surface area contributed by atoms with Crippen LogP contribution in [0.25, 0.3) is 0 Å². The molecule has 96 valence electrons. The van der Waals surface area contributed by atoms with E-state index in [0.717, 1.165) is 24.9 Å². The molecule has 1 aromatic carbocycles. The Labute approximate surface area is 105 Å². The van der Waals surface area contributed by atoms with Gasteiger partial charge in [-0.15, -0.1) is 0 Å². The first-order chi connectivity index (χ1) is 8.58. The molecule has 1 fully saturated rings. The molecule has 1 amide bonds. The van der Waals surface area contributed by atoms with E-state index in [1.54, 1.807) is 18.2 Å². The van der Waals surface area contributed by atoms with Crippen LogP contribution in [-0.2, 0) is 4.79 Å². The minimum absolute atomic E-state index is 0.126. The van der Waals surface area contributed by atoms with Crippen LogP contribution in [0.5, 0.6) is 0 Å². The lowest BCUT2D eigenvalue weighted by Crippen LogP contribution is -2.35. The second kappa shape index (κ2) is 5.18. The fraction of sp³-hybridized carbons (Fsp3) is 0.385. The molecule has 2 rings (SSSR count). The number of aryl methyl sites for hydroxylation is 1. The molecule has 1 saturated heterocycles. The maximum atomic E-state index is 11.9. The molecule has 3 N–H and O–H groups in total. The summed E-state index contributed by atoms with van der Waals surface area (Å²) in [6.45, 7) is 2.65. The Kier molecular flexibility index (Phi) is 3.62. The molecule has 0 unspecified atom stereocenters. The number of amides is 1. The molecule has 1 aromatic rings. The van der Waals surface area contributed by atoms with Gasteiger partial charge in [0.15, 0.2) is 0 Å². The van der Waals surface area contributed by atoms with Crippen LogP contribution in [0.3, 0.4) is 0 Å². The number of hydrogen-bond acceptors (Lipinski definition) is 3. The normalized spacial score (nSPS) is 18.6. The quantitative estimate of drug-likeness (QED) is 0.755. The molecule has 0 radical (unpaired) electrons. The average molecular weight is 248 g/mol. The van der Waals surface area contributed by atoms with Crippen LogP contribution < -0.4 is 10.6 Å². The van der Waals surface area contributed by atoms with E-state index in [4.69, 9.17) is 5.11 Å². The van der Waals surface area contributed by atoms with Gasteiger partial charge in [-0.1, -0.05) is 11.6 Å². The molecule has 5 nitrogen and oxygen atoms in total. The highest BCUT2D eigenvalue weighted by Gasteiger charge is 2.23. The summed E-state index contributed by atoms with van der Waals surface area (Å²) in [6, 6.07) is 4.75. The predicted octanol–water partition coefficient (Wildman–Crippen LogP) is 1.38. The summed E-state index contributed by atoms with van der Waals surface area (Å²) >= 11 is 0. The van der Waals surface area contributed by atoms with Crippen molar-refractivity contribution in [3.8, 4) is 0 Å². The van der Waals surface area contributed by atoms with E-state index < -0.39 is 5.97 Å². The molecule has 1 aliphatic rings. The van der Waals surface area contributed by atoms with Crippen molar-refractivity contribution in [2.75, 3.05) is 11.9 Å². The molecule has 1 aliphatic heterocycles. The summed E-state index contributed by atoms with van der Waals surface area (Å²) in [6.07, 6.45) is 1.76. The van der Waals surface area contributed by atoms with Gasteiger partial charge in [-0.25, -0.2) is 4.79 Å². The summed E-state index contributed by atoms with van der Waals surface area (Å²) in [5, 5.41) is 14.9. The molecule has 0 saturated carbocycles. The monoisotopic (exact) mass is 248 g/mol. The maximum absolute atomic E-state index is 11.9. The number of aromatic carboxylic acids is 1. The predicted molar refractivity (Wildman–Crippen MR) is 67.8 cm³/mol. The van der Waals surface area contributed by atoms with Crippen LogP contribution in [0, 0.1) is 6.92 Å². The largest absolute Gasteiger partial charge is 0.478 e. The summed E-state index contributed by atoms with van der Waals surface area (Å²) in [4.78, 5) is 23.0. The second-order valence-electron chi connectivity index (χ2n) is 4.49. The fourth-order valence-corrected chi connectivity index (χ4v) is 2.07. The van der Waals surface area contributed by atoms with E-state index >= 15 is 0 Å². The zero-order valence-electron chi connectivity index (χ0n) is 10.2. The minimum Gasteiger partial charge on any atom is -0.478 e. The van der Waals surface area contributed by atoms with Gasteiger partial charge in [0.05, 0.1) is 17.3 Å². The molecule has 1 heterocycles. The Morgan fingerprint density at radius 3 is 2.83 bits per heavy atom. The molecular formula is C13H16N2O3. The van der Waals surface area contributed by atoms with Gasteiger partial charge in [-0.2, -0.15) is 0 Å². The number of nitrogens with one attached hydrogen (secondary N) is 2. The number of carbonyl (C=O) groups is 2. The van der Waals surface area contributed by atoms with Gasteiger partial charge in [0.2, 0.25) is 5.91 Å². The zero-order chi connectivity index (χ0) is 13.1. The van der Waals surface area contributed by atoms with E-state index in [9.17, 15) is 9.59 Å². The molecule has 1 atom stereocenters. The highest BCUT2D eigenvalue weighted by molar-refractivity contribution is 6.02. The van der Waals surface area contributed by atoms with Gasteiger partial charge in [0, 0.05) is 0 Å². The lowest BCUT2D eigenvalue weighted by molar-refractivity contribution is -0.117. The lowest BCUT2D eigenvalue weighted by Gasteiger charge is -2.13. The van der Waals surface area contributed by atoms with Crippen LogP contribution in [0.2, 0.25) is 0 Å². The summed E-state index contributed by atoms with van der Waals surface area (Å²) < 4.78 is 0. The Morgan fingerprint density at radius 2 is 2.22 bits per heavy atom. The number of carboxylic acid groups (broad SMARTS) is 1. The van der Waals surface area contributed by atoms with E-state index in [-0.39, 0.29) is 17.5 Å². The van der Waals surface area contributed by atoms with Gasteiger partial charge in [0.1, 0.15) is 0 Å². The first-order valence-electron chi connectivity index (χ1n) is 5.96. The Bertz CT molecular complexity index is 479. The van der Waals surface area contributed by atoms with Gasteiger partial charge in [-0.05, 0) is 38.4 Å². The molecular weight excluding hydrogens is 232 g/mol. The third kappa shape index (κ3) is 2.68. The lowest BCUT2D eigenvalue weighted by atomic mass is 10.1. The third-order valence-electron chi connectivity index (χ3n) is 3.04. The number of rotatable bonds is 3. The third-order valence-corrected chi connectivity index (χ3v) is 3.04. The SMILES string of the molecule is Cc1ccc(NC(=O)[C@@H]2CCCN2)c(C(=O)O)c1. The van der Waals surface area contributed by atoms with Crippen molar-refractivity contribution >= 4 is 17.6 Å². The molecule has 0 bridgehead atoms. The van der Waals surface area contributed by atoms with Crippen molar-refractivity contribution in [3.05, 3.63) is 29.3 Å². The molecule has 18 heavy (non-hydrogen) atoms. The van der Waals surface area contributed by atoms with Gasteiger partial charge >= 0.3 is 5.97 Å². The zero-order valence-corrected chi connectivity index (χ0v) is 10.2. The van der Waals surface area contributed by atoms with Crippen molar-refractivity contribution in [2.45, 2.75) is 25.8 Å². The number of anilines is 1. The van der Waals surface area contributed by atoms with Crippen molar-refractivity contribution in [3.63, 3.8) is 0 Å². The topological polar surface area (TPSA) is 78.4 Å². The highest BCUT2D eigenvalue weighted by Crippen LogP contribution is 2.18. The average Bonchev–Trinajstić information content (AvgIpc) is 2.84. The van der Waals surface area contributed by atoms with Crippen molar-refractivity contribution in [1.82, 2.24) is 5.32 Å². The van der Waals surface area contributed by atoms with E-state index in [1.807, 2.05) is 6.92 Å². The number of hydrogen-bond donors (Lipinski definition) is 3. The van der Waals surface area contributed by atoms with Crippen molar-refractivity contribution < 1.29 is 14.7 Å². The fourth-order valence-electron chi connectivity index (χ4n) is 2.07. The standard InChI is InChI=1S/C13H16N2O3/c1-8-4-5-10(9(7-8)13(17)18)15-12(16)11-3-2-6-14-11/h4-5,7,11,14H,2-3,6H2,1H3,(H,15,16)(H,17,18)/t11-/m0/s1. The first-order valence-corrected chi connectivity index (χ1v) is 5.96. The smallest absolute Gasteiger partial charge is 0.337 e. The molecule has 0 spiro atoms. The number of carbonyl (C=O) groups excluding carboxylic acids is 1. The van der Waals surface area contributed by atoms with Crippen molar-refractivity contribution in [1.29, 1.82) is 0 Å². The van der Waals surface area contributed by atoms with Crippen LogP contribution in [0.15, 0.2) is 18.2 Å². The van der Waals surface area contributed by atoms with Gasteiger partial charge in [-0.3, -0.25) is 4.79 Å². The van der Waals surface area contributed by atoms with Gasteiger partial charge < -0.3 is 15.7 Å². The Balaban J connectivity index is 2.17. The maximum Gasteiger partial charge on any atom is 0.337 e. The summed E-state index contributed by atoms with van der Waals surface area (Å²) in [7, 11) is 0. The minimum atomic E-state index is -1.03. The number of benzene rings is 1. The van der Waals surface area contributed by atoms with Crippen LogP contribution >= 0.6 is 0 Å². The van der Waals surface area contributed by atoms with Gasteiger partial charge in [0.25, 0.3) is 0 Å². The first kappa shape index (κ1) is 12.6. The number of carboxylic acids is 1. The Morgan fingerprint density at radius 1 is 1.44 bits per heavy atom. The summed E-state index contributed by atoms with van der Waals surface area (Å²) in [5.41, 5.74) is 1.33. The Hall–Kier alpha value is -1.88. The molecule has 0 aromatic heterocycles. The second-order valence-corrected chi connectivity index (χ2v) is 4.49. The summed E-state index contributed by atoms with van der Waals surface area (Å²) in [5.74, 6) is -1.20. The highest BCUT2D eigenvalue weighted by atomic mass is 16.4. The van der Waals surface area contributed by atoms with E-state index in [1.165, 1.54) is 0 Å². The molecule has 5 heteroatoms. The van der Waals surface area contributed by atoms with Crippen LogP contribution in [0.4, 0.5) is 5.69 Å². The molecule has 0 aliphatic carbocycles. The van der Waals surface area contributed by atoms with E-state index in [2.05, 4.69) is 10.6 Å². The van der Waals surface area contributed by atoms with Crippen LogP contribution in [-0.4, -0.2) is 29.6 Å².